The van der Waals surface area contributed by atoms with Crippen molar-refractivity contribution in [3.05, 3.63) is 53.1 Å². The van der Waals surface area contributed by atoms with Crippen molar-refractivity contribution in [3.8, 4) is 5.75 Å². The molecular formula is C22H20ClN3O5. The number of anilines is 2. The number of hydrogen-bond acceptors (Lipinski definition) is 7. The molecule has 0 bridgehead atoms. The van der Waals surface area contributed by atoms with Crippen molar-refractivity contribution in [3.63, 3.8) is 0 Å². The lowest BCUT2D eigenvalue weighted by Crippen LogP contribution is -2.39. The predicted molar refractivity (Wildman–Crippen MR) is 116 cm³/mol. The van der Waals surface area contributed by atoms with E-state index < -0.39 is 29.7 Å². The van der Waals surface area contributed by atoms with E-state index in [1.165, 1.54) is 12.1 Å². The van der Waals surface area contributed by atoms with Gasteiger partial charge in [0.2, 0.25) is 5.91 Å². The number of para-hydroxylation sites is 2. The monoisotopic (exact) mass is 441 g/mol. The Morgan fingerprint density at radius 1 is 1.10 bits per heavy atom. The Morgan fingerprint density at radius 2 is 1.81 bits per heavy atom. The van der Waals surface area contributed by atoms with Crippen molar-refractivity contribution in [1.82, 2.24) is 0 Å². The molecule has 0 saturated carbocycles. The Bertz CT molecular complexity index is 1120. The first kappa shape index (κ1) is 20.9. The molecule has 0 aromatic heterocycles. The molecule has 9 heteroatoms. The molecule has 0 radical (unpaired) electrons. The van der Waals surface area contributed by atoms with Gasteiger partial charge in [-0.05, 0) is 43.7 Å². The van der Waals surface area contributed by atoms with Crippen molar-refractivity contribution < 1.29 is 23.9 Å². The summed E-state index contributed by atoms with van der Waals surface area (Å²) in [6, 6.07) is 10.9. The molecule has 0 N–H and O–H groups in total. The molecule has 2 heterocycles. The third-order valence-corrected chi connectivity index (χ3v) is 5.76. The van der Waals surface area contributed by atoms with Gasteiger partial charge in [0.1, 0.15) is 23.4 Å². The van der Waals surface area contributed by atoms with Crippen molar-refractivity contribution in [2.45, 2.75) is 19.9 Å². The van der Waals surface area contributed by atoms with Gasteiger partial charge in [0, 0.05) is 5.02 Å². The Balaban J connectivity index is 1.85. The number of hydrazone groups is 1. The SMILES string of the molecule is CCOC(=O)C1=NN(c2ccccc2OC)[C@@H]2C(=O)N(c3cccc(Cl)c3C)C(=O)[C@@H]12. The minimum Gasteiger partial charge on any atom is -0.495 e. The highest BCUT2D eigenvalue weighted by atomic mass is 35.5. The second-order valence-corrected chi connectivity index (χ2v) is 7.45. The summed E-state index contributed by atoms with van der Waals surface area (Å²) in [5.41, 5.74) is 1.31. The van der Waals surface area contributed by atoms with E-state index in [0.717, 1.165) is 4.90 Å². The second kappa shape index (κ2) is 8.03. The normalized spacial score (nSPS) is 20.1. The van der Waals surface area contributed by atoms with E-state index >= 15 is 0 Å². The van der Waals surface area contributed by atoms with Crippen LogP contribution in [0.1, 0.15) is 12.5 Å². The van der Waals surface area contributed by atoms with Crippen LogP contribution in [-0.2, 0) is 19.1 Å². The molecule has 4 rings (SSSR count). The van der Waals surface area contributed by atoms with Crippen LogP contribution in [0.4, 0.5) is 11.4 Å². The van der Waals surface area contributed by atoms with E-state index in [1.54, 1.807) is 56.3 Å². The Kier molecular flexibility index (Phi) is 5.41. The van der Waals surface area contributed by atoms with Crippen LogP contribution in [0.3, 0.4) is 0 Å². The second-order valence-electron chi connectivity index (χ2n) is 7.04. The number of halogens is 1. The molecular weight excluding hydrogens is 422 g/mol. The summed E-state index contributed by atoms with van der Waals surface area (Å²) in [5.74, 6) is -2.44. The summed E-state index contributed by atoms with van der Waals surface area (Å²) in [4.78, 5) is 40.7. The van der Waals surface area contributed by atoms with Gasteiger partial charge in [-0.3, -0.25) is 9.59 Å². The van der Waals surface area contributed by atoms with Crippen LogP contribution in [0.15, 0.2) is 47.6 Å². The fourth-order valence-corrected chi connectivity index (χ4v) is 4.05. The average molecular weight is 442 g/mol. The van der Waals surface area contributed by atoms with Crippen LogP contribution in [0.25, 0.3) is 0 Å². The molecule has 0 aliphatic carbocycles. The number of hydrogen-bond donors (Lipinski definition) is 0. The number of amides is 2. The molecule has 2 aromatic rings. The third kappa shape index (κ3) is 3.23. The molecule has 160 valence electrons. The van der Waals surface area contributed by atoms with E-state index in [2.05, 4.69) is 5.10 Å². The van der Waals surface area contributed by atoms with Gasteiger partial charge in [-0.1, -0.05) is 29.8 Å². The first-order valence-corrected chi connectivity index (χ1v) is 10.1. The van der Waals surface area contributed by atoms with E-state index in [9.17, 15) is 14.4 Å². The standard InChI is InChI=1S/C22H20ClN3O5/c1-4-31-22(29)18-17-19(26(24-18)15-9-5-6-11-16(15)30-3)21(28)25(20(17)27)14-10-7-8-13(23)12(14)2/h5-11,17,19H,4H2,1-3H3/t17-,19-/m0/s1. The predicted octanol–water partition coefficient (Wildman–Crippen LogP) is 2.95. The van der Waals surface area contributed by atoms with Crippen LogP contribution < -0.4 is 14.6 Å². The summed E-state index contributed by atoms with van der Waals surface area (Å²) in [6.45, 7) is 3.50. The maximum absolute atomic E-state index is 13.5. The molecule has 2 aromatic carbocycles. The molecule has 2 atom stereocenters. The Labute approximate surface area is 184 Å². The summed E-state index contributed by atoms with van der Waals surface area (Å²) in [5, 5.41) is 6.14. The minimum absolute atomic E-state index is 0.113. The molecule has 2 aliphatic rings. The molecule has 0 spiro atoms. The Hall–Kier alpha value is -3.39. The lowest BCUT2D eigenvalue weighted by Gasteiger charge is -2.24. The maximum Gasteiger partial charge on any atom is 0.355 e. The smallest absolute Gasteiger partial charge is 0.355 e. The highest BCUT2D eigenvalue weighted by Gasteiger charge is 2.59. The molecule has 8 nitrogen and oxygen atoms in total. The summed E-state index contributed by atoms with van der Waals surface area (Å²) in [6.07, 6.45) is 0. The van der Waals surface area contributed by atoms with Gasteiger partial charge < -0.3 is 9.47 Å². The van der Waals surface area contributed by atoms with Crippen LogP contribution in [0, 0.1) is 12.8 Å². The number of esters is 1. The van der Waals surface area contributed by atoms with Gasteiger partial charge in [-0.15, -0.1) is 0 Å². The van der Waals surface area contributed by atoms with Crippen LogP contribution in [-0.4, -0.2) is 43.3 Å². The maximum atomic E-state index is 13.5. The molecule has 31 heavy (non-hydrogen) atoms. The number of ether oxygens (including phenoxy) is 2. The van der Waals surface area contributed by atoms with E-state index in [-0.39, 0.29) is 12.3 Å². The average Bonchev–Trinajstić information content (AvgIpc) is 3.27. The van der Waals surface area contributed by atoms with Crippen molar-refractivity contribution in [2.75, 3.05) is 23.6 Å². The molecule has 2 amide bonds. The highest BCUT2D eigenvalue weighted by Crippen LogP contribution is 2.42. The number of imide groups is 1. The number of carbonyl (C=O) groups excluding carboxylic acids is 3. The quantitative estimate of drug-likeness (QED) is 0.523. The topological polar surface area (TPSA) is 88.5 Å². The molecule has 1 saturated heterocycles. The third-order valence-electron chi connectivity index (χ3n) is 5.35. The summed E-state index contributed by atoms with van der Waals surface area (Å²) < 4.78 is 10.5. The number of benzene rings is 2. The number of fused-ring (bicyclic) bond motifs is 1. The van der Waals surface area contributed by atoms with Gasteiger partial charge in [0.15, 0.2) is 5.71 Å². The highest BCUT2D eigenvalue weighted by molar-refractivity contribution is 6.47. The Morgan fingerprint density at radius 3 is 2.52 bits per heavy atom. The molecule has 2 aliphatic heterocycles. The van der Waals surface area contributed by atoms with Crippen molar-refractivity contribution >= 4 is 46.5 Å². The van der Waals surface area contributed by atoms with Crippen LogP contribution in [0.2, 0.25) is 5.02 Å². The minimum atomic E-state index is -1.10. The zero-order chi connectivity index (χ0) is 22.3. The number of nitrogens with zero attached hydrogens (tertiary/aromatic N) is 3. The van der Waals surface area contributed by atoms with Gasteiger partial charge in [0.25, 0.3) is 5.91 Å². The van der Waals surface area contributed by atoms with E-state index in [4.69, 9.17) is 21.1 Å². The van der Waals surface area contributed by atoms with Crippen molar-refractivity contribution in [1.29, 1.82) is 0 Å². The van der Waals surface area contributed by atoms with E-state index in [0.29, 0.717) is 27.7 Å². The fraction of sp³-hybridized carbons (Fsp3) is 0.273. The number of rotatable bonds is 5. The van der Waals surface area contributed by atoms with Gasteiger partial charge >= 0.3 is 5.97 Å². The summed E-state index contributed by atoms with van der Waals surface area (Å²) in [7, 11) is 1.49. The number of methoxy groups -OCH3 is 1. The first-order chi connectivity index (χ1) is 14.9. The fourth-order valence-electron chi connectivity index (χ4n) is 3.88. The van der Waals surface area contributed by atoms with E-state index in [1.807, 2.05) is 0 Å². The van der Waals surface area contributed by atoms with Crippen LogP contribution in [0.5, 0.6) is 5.75 Å². The molecule has 0 unspecified atom stereocenters. The lowest BCUT2D eigenvalue weighted by atomic mass is 9.97. The zero-order valence-electron chi connectivity index (χ0n) is 17.2. The van der Waals surface area contributed by atoms with Gasteiger partial charge in [-0.25, -0.2) is 14.7 Å². The molecule has 1 fully saturated rings. The zero-order valence-corrected chi connectivity index (χ0v) is 17.9. The van der Waals surface area contributed by atoms with Gasteiger partial charge in [-0.2, -0.15) is 5.10 Å². The van der Waals surface area contributed by atoms with Crippen LogP contribution >= 0.6 is 11.6 Å². The van der Waals surface area contributed by atoms with Gasteiger partial charge in [0.05, 0.1) is 19.4 Å². The largest absolute Gasteiger partial charge is 0.495 e. The first-order valence-electron chi connectivity index (χ1n) is 9.71. The lowest BCUT2D eigenvalue weighted by molar-refractivity contribution is -0.136. The number of carbonyl (C=O) groups is 3. The summed E-state index contributed by atoms with van der Waals surface area (Å²) >= 11 is 6.22. The van der Waals surface area contributed by atoms with Crippen molar-refractivity contribution in [2.24, 2.45) is 11.0 Å².